The van der Waals surface area contributed by atoms with Crippen molar-refractivity contribution in [3.63, 3.8) is 0 Å². The monoisotopic (exact) mass is 250 g/mol. The van der Waals surface area contributed by atoms with Crippen molar-refractivity contribution in [3.05, 3.63) is 64.4 Å². The molecule has 2 aromatic carbocycles. The van der Waals surface area contributed by atoms with E-state index in [0.717, 1.165) is 0 Å². The van der Waals surface area contributed by atoms with Crippen molar-refractivity contribution in [2.45, 2.75) is 0 Å². The van der Waals surface area contributed by atoms with Gasteiger partial charge >= 0.3 is 0 Å². The van der Waals surface area contributed by atoms with Crippen molar-refractivity contribution >= 4 is 17.4 Å². The molecule has 0 bridgehead atoms. The first-order valence-electron chi connectivity index (χ1n) is 4.87. The minimum Gasteiger partial charge on any atom is -0.506 e. The van der Waals surface area contributed by atoms with Crippen LogP contribution in [0, 0.1) is 5.82 Å². The Kier molecular flexibility index (Phi) is 3.11. The number of hydrogen-bond donors (Lipinski definition) is 1. The molecule has 0 saturated heterocycles. The second kappa shape index (κ2) is 4.55. The summed E-state index contributed by atoms with van der Waals surface area (Å²) in [5.41, 5.74) is 0.715. The van der Waals surface area contributed by atoms with Crippen LogP contribution in [0.2, 0.25) is 5.02 Å². The largest absolute Gasteiger partial charge is 0.506 e. The fraction of sp³-hybridized carbons (Fsp3) is 0. The average molecular weight is 251 g/mol. The molecule has 0 aliphatic carbocycles. The topological polar surface area (TPSA) is 37.3 Å². The molecule has 0 radical (unpaired) electrons. The highest BCUT2D eigenvalue weighted by atomic mass is 35.5. The van der Waals surface area contributed by atoms with Crippen LogP contribution >= 0.6 is 11.6 Å². The summed E-state index contributed by atoms with van der Waals surface area (Å²) in [6.45, 7) is 0. The summed E-state index contributed by atoms with van der Waals surface area (Å²) in [6, 6.07) is 9.43. The number of phenols is 1. The average Bonchev–Trinajstić information content (AvgIpc) is 2.33. The molecule has 0 atom stereocenters. The highest BCUT2D eigenvalue weighted by Gasteiger charge is 2.10. The normalized spacial score (nSPS) is 10.2. The number of aromatic hydroxyl groups is 1. The van der Waals surface area contributed by atoms with E-state index >= 15 is 0 Å². The van der Waals surface area contributed by atoms with E-state index in [0.29, 0.717) is 11.1 Å². The number of carbonyl (C=O) groups is 1. The van der Waals surface area contributed by atoms with Crippen molar-refractivity contribution in [2.24, 2.45) is 0 Å². The maximum absolute atomic E-state index is 12.7. The van der Waals surface area contributed by atoms with Crippen LogP contribution in [0.15, 0.2) is 42.5 Å². The molecule has 2 aromatic rings. The van der Waals surface area contributed by atoms with E-state index in [1.54, 1.807) is 0 Å². The lowest BCUT2D eigenvalue weighted by Gasteiger charge is -2.03. The van der Waals surface area contributed by atoms with Gasteiger partial charge in [0.1, 0.15) is 11.6 Å². The lowest BCUT2D eigenvalue weighted by molar-refractivity contribution is 0.103. The van der Waals surface area contributed by atoms with E-state index < -0.39 is 5.82 Å². The van der Waals surface area contributed by atoms with Gasteiger partial charge in [-0.25, -0.2) is 4.39 Å². The Hall–Kier alpha value is -1.87. The van der Waals surface area contributed by atoms with Gasteiger partial charge in [0.15, 0.2) is 5.78 Å². The van der Waals surface area contributed by atoms with E-state index in [9.17, 15) is 14.3 Å². The zero-order valence-corrected chi connectivity index (χ0v) is 9.41. The minimum absolute atomic E-state index is 0.0812. The van der Waals surface area contributed by atoms with Gasteiger partial charge in [0.2, 0.25) is 0 Å². The van der Waals surface area contributed by atoms with Gasteiger partial charge in [-0.05, 0) is 42.5 Å². The van der Waals surface area contributed by atoms with Gasteiger partial charge in [-0.3, -0.25) is 4.79 Å². The summed E-state index contributed by atoms with van der Waals surface area (Å²) in [5, 5.41) is 9.35. The van der Waals surface area contributed by atoms with Crippen LogP contribution in [-0.2, 0) is 0 Å². The van der Waals surface area contributed by atoms with Gasteiger partial charge in [-0.15, -0.1) is 0 Å². The molecule has 0 saturated carbocycles. The van der Waals surface area contributed by atoms with Gasteiger partial charge in [-0.2, -0.15) is 0 Å². The predicted octanol–water partition coefficient (Wildman–Crippen LogP) is 3.42. The number of hydrogen-bond acceptors (Lipinski definition) is 2. The molecular weight excluding hydrogens is 243 g/mol. The minimum atomic E-state index is -0.398. The Morgan fingerprint density at radius 3 is 2.24 bits per heavy atom. The van der Waals surface area contributed by atoms with Crippen molar-refractivity contribution in [2.75, 3.05) is 0 Å². The molecule has 0 aromatic heterocycles. The molecular formula is C13H8ClFO2. The molecule has 4 heteroatoms. The maximum atomic E-state index is 12.7. The number of rotatable bonds is 2. The second-order valence-electron chi connectivity index (χ2n) is 3.50. The standard InChI is InChI=1S/C13H8ClFO2/c14-11-7-9(3-6-12(11)16)13(17)8-1-4-10(15)5-2-8/h1-7,16H. The van der Waals surface area contributed by atoms with E-state index in [1.807, 2.05) is 0 Å². The first-order valence-corrected chi connectivity index (χ1v) is 5.24. The zero-order chi connectivity index (χ0) is 12.4. The van der Waals surface area contributed by atoms with E-state index in [-0.39, 0.29) is 16.6 Å². The molecule has 0 aliphatic heterocycles. The van der Waals surface area contributed by atoms with E-state index in [2.05, 4.69) is 0 Å². The summed E-state index contributed by atoms with van der Waals surface area (Å²) in [4.78, 5) is 12.0. The van der Waals surface area contributed by atoms with Crippen LogP contribution in [0.1, 0.15) is 15.9 Å². The number of carbonyl (C=O) groups excluding carboxylic acids is 1. The molecule has 2 nitrogen and oxygen atoms in total. The molecule has 0 fully saturated rings. The van der Waals surface area contributed by atoms with Gasteiger partial charge in [0.25, 0.3) is 0 Å². The van der Waals surface area contributed by atoms with Crippen molar-refractivity contribution < 1.29 is 14.3 Å². The summed E-state index contributed by atoms with van der Waals surface area (Å²) in [5.74, 6) is -0.750. The molecule has 0 amide bonds. The SMILES string of the molecule is O=C(c1ccc(F)cc1)c1ccc(O)c(Cl)c1. The Labute approximate surface area is 102 Å². The number of phenolic OH excluding ortho intramolecular Hbond substituents is 1. The molecule has 0 unspecified atom stereocenters. The third-order valence-corrected chi connectivity index (χ3v) is 2.62. The highest BCUT2D eigenvalue weighted by Crippen LogP contribution is 2.24. The van der Waals surface area contributed by atoms with E-state index in [4.69, 9.17) is 11.6 Å². The fourth-order valence-electron chi connectivity index (χ4n) is 1.42. The van der Waals surface area contributed by atoms with Gasteiger partial charge in [-0.1, -0.05) is 11.6 Å². The summed E-state index contributed by atoms with van der Waals surface area (Å²) in [7, 11) is 0. The summed E-state index contributed by atoms with van der Waals surface area (Å²) < 4.78 is 12.7. The fourth-order valence-corrected chi connectivity index (χ4v) is 1.60. The Morgan fingerprint density at radius 1 is 1.06 bits per heavy atom. The van der Waals surface area contributed by atoms with E-state index in [1.165, 1.54) is 42.5 Å². The molecule has 0 spiro atoms. The predicted molar refractivity (Wildman–Crippen MR) is 62.9 cm³/mol. The third-order valence-electron chi connectivity index (χ3n) is 2.32. The summed E-state index contributed by atoms with van der Waals surface area (Å²) >= 11 is 5.71. The molecule has 17 heavy (non-hydrogen) atoms. The smallest absolute Gasteiger partial charge is 0.193 e. The second-order valence-corrected chi connectivity index (χ2v) is 3.91. The lowest BCUT2D eigenvalue weighted by atomic mass is 10.0. The van der Waals surface area contributed by atoms with Crippen molar-refractivity contribution in [1.82, 2.24) is 0 Å². The number of ketones is 1. The Bertz CT molecular complexity index is 564. The van der Waals surface area contributed by atoms with Gasteiger partial charge in [0, 0.05) is 11.1 Å². The maximum Gasteiger partial charge on any atom is 0.193 e. The summed E-state index contributed by atoms with van der Waals surface area (Å²) in [6.07, 6.45) is 0. The van der Waals surface area contributed by atoms with Crippen molar-refractivity contribution in [3.8, 4) is 5.75 Å². The van der Waals surface area contributed by atoms with Crippen LogP contribution in [-0.4, -0.2) is 10.9 Å². The third kappa shape index (κ3) is 2.45. The molecule has 86 valence electrons. The zero-order valence-electron chi connectivity index (χ0n) is 8.65. The molecule has 2 rings (SSSR count). The van der Waals surface area contributed by atoms with Gasteiger partial charge < -0.3 is 5.11 Å². The molecule has 0 heterocycles. The molecule has 1 N–H and O–H groups in total. The number of benzene rings is 2. The number of halogens is 2. The van der Waals surface area contributed by atoms with Gasteiger partial charge in [0.05, 0.1) is 5.02 Å². The molecule has 0 aliphatic rings. The van der Waals surface area contributed by atoms with Crippen LogP contribution in [0.3, 0.4) is 0 Å². The van der Waals surface area contributed by atoms with Crippen LogP contribution in [0.5, 0.6) is 5.75 Å². The highest BCUT2D eigenvalue weighted by molar-refractivity contribution is 6.32. The van der Waals surface area contributed by atoms with Crippen LogP contribution < -0.4 is 0 Å². The Balaban J connectivity index is 2.37. The lowest BCUT2D eigenvalue weighted by Crippen LogP contribution is -2.00. The Morgan fingerprint density at radius 2 is 1.65 bits per heavy atom. The van der Waals surface area contributed by atoms with Crippen molar-refractivity contribution in [1.29, 1.82) is 0 Å². The first-order chi connectivity index (χ1) is 8.08. The van der Waals surface area contributed by atoms with Crippen LogP contribution in [0.25, 0.3) is 0 Å². The first kappa shape index (κ1) is 11.6. The quantitative estimate of drug-likeness (QED) is 0.830. The van der Waals surface area contributed by atoms with Crippen LogP contribution in [0.4, 0.5) is 4.39 Å².